The van der Waals surface area contributed by atoms with E-state index in [1.807, 2.05) is 35.0 Å². The van der Waals surface area contributed by atoms with E-state index in [1.165, 1.54) is 0 Å². The summed E-state index contributed by atoms with van der Waals surface area (Å²) in [7, 11) is 0. The summed E-state index contributed by atoms with van der Waals surface area (Å²) >= 11 is 0. The van der Waals surface area contributed by atoms with Crippen LogP contribution in [-0.2, 0) is 11.3 Å². The lowest BCUT2D eigenvalue weighted by Gasteiger charge is -2.07. The number of rotatable bonds is 3. The predicted molar refractivity (Wildman–Crippen MR) is 61.3 cm³/mol. The van der Waals surface area contributed by atoms with E-state index in [1.54, 1.807) is 0 Å². The number of hydrogen-bond donors (Lipinski definition) is 1. The highest BCUT2D eigenvalue weighted by Gasteiger charge is 2.15. The molecule has 2 aromatic heterocycles. The second-order valence-corrected chi connectivity index (χ2v) is 4.12. The van der Waals surface area contributed by atoms with Gasteiger partial charge in [0.1, 0.15) is 5.65 Å². The van der Waals surface area contributed by atoms with Crippen molar-refractivity contribution in [2.75, 3.05) is 13.1 Å². The normalized spacial score (nSPS) is 20.6. The summed E-state index contributed by atoms with van der Waals surface area (Å²) in [5, 5.41) is 3.28. The molecule has 1 aliphatic rings. The molecule has 1 fully saturated rings. The maximum Gasteiger partial charge on any atom is 0.137 e. The summed E-state index contributed by atoms with van der Waals surface area (Å²) in [6.45, 7) is 2.64. The molecule has 0 aromatic carbocycles. The molecular weight excluding hydrogens is 202 g/mol. The van der Waals surface area contributed by atoms with Crippen LogP contribution in [0.25, 0.3) is 5.65 Å². The van der Waals surface area contributed by atoms with Crippen molar-refractivity contribution >= 4 is 5.65 Å². The Labute approximate surface area is 94.3 Å². The van der Waals surface area contributed by atoms with Crippen molar-refractivity contribution in [1.29, 1.82) is 0 Å². The molecule has 1 aliphatic heterocycles. The fourth-order valence-electron chi connectivity index (χ4n) is 2.03. The SMILES string of the molecule is c1ccn2cc(COC3CCNC3)nc2c1. The molecule has 1 N–H and O–H groups in total. The third kappa shape index (κ3) is 1.94. The molecule has 1 atom stereocenters. The molecule has 0 spiro atoms. The Bertz CT molecular complexity index is 441. The molecule has 0 radical (unpaired) electrons. The Morgan fingerprint density at radius 3 is 3.31 bits per heavy atom. The molecule has 84 valence electrons. The lowest BCUT2D eigenvalue weighted by atomic mass is 10.3. The van der Waals surface area contributed by atoms with Gasteiger partial charge in [0.05, 0.1) is 18.4 Å². The van der Waals surface area contributed by atoms with Crippen LogP contribution in [-0.4, -0.2) is 28.6 Å². The summed E-state index contributed by atoms with van der Waals surface area (Å²) in [6, 6.07) is 5.99. The number of pyridine rings is 1. The Balaban J connectivity index is 1.69. The molecule has 0 amide bonds. The summed E-state index contributed by atoms with van der Waals surface area (Å²) in [5.41, 5.74) is 1.98. The van der Waals surface area contributed by atoms with E-state index < -0.39 is 0 Å². The van der Waals surface area contributed by atoms with E-state index in [9.17, 15) is 0 Å². The van der Waals surface area contributed by atoms with Crippen molar-refractivity contribution in [2.24, 2.45) is 0 Å². The maximum atomic E-state index is 5.78. The van der Waals surface area contributed by atoms with Gasteiger partial charge in [-0.3, -0.25) is 0 Å². The number of nitrogens with one attached hydrogen (secondary N) is 1. The highest BCUT2D eigenvalue weighted by molar-refractivity contribution is 5.39. The minimum Gasteiger partial charge on any atom is -0.370 e. The molecular formula is C12H15N3O. The summed E-state index contributed by atoms with van der Waals surface area (Å²) < 4.78 is 7.80. The van der Waals surface area contributed by atoms with E-state index in [0.29, 0.717) is 12.7 Å². The van der Waals surface area contributed by atoms with Crippen molar-refractivity contribution < 1.29 is 4.74 Å². The molecule has 1 unspecified atom stereocenters. The molecule has 16 heavy (non-hydrogen) atoms. The second kappa shape index (κ2) is 4.23. The third-order valence-electron chi connectivity index (χ3n) is 2.90. The number of hydrogen-bond acceptors (Lipinski definition) is 3. The minimum atomic E-state index is 0.352. The van der Waals surface area contributed by atoms with Crippen LogP contribution in [0.15, 0.2) is 30.6 Å². The average molecular weight is 217 g/mol. The van der Waals surface area contributed by atoms with Gasteiger partial charge in [0, 0.05) is 18.9 Å². The molecule has 0 bridgehead atoms. The smallest absolute Gasteiger partial charge is 0.137 e. The van der Waals surface area contributed by atoms with Crippen LogP contribution in [0.3, 0.4) is 0 Å². The van der Waals surface area contributed by atoms with Crippen LogP contribution >= 0.6 is 0 Å². The van der Waals surface area contributed by atoms with Crippen molar-refractivity contribution in [1.82, 2.24) is 14.7 Å². The molecule has 4 nitrogen and oxygen atoms in total. The van der Waals surface area contributed by atoms with Crippen LogP contribution < -0.4 is 5.32 Å². The first-order chi connectivity index (χ1) is 7.92. The molecule has 0 saturated carbocycles. The number of imidazole rings is 1. The van der Waals surface area contributed by atoms with Gasteiger partial charge in [-0.25, -0.2) is 4.98 Å². The van der Waals surface area contributed by atoms with E-state index in [-0.39, 0.29) is 0 Å². The fraction of sp³-hybridized carbons (Fsp3) is 0.417. The van der Waals surface area contributed by atoms with Gasteiger partial charge in [0.2, 0.25) is 0 Å². The van der Waals surface area contributed by atoms with Crippen LogP contribution in [0, 0.1) is 0 Å². The highest BCUT2D eigenvalue weighted by Crippen LogP contribution is 2.09. The fourth-order valence-corrected chi connectivity index (χ4v) is 2.03. The largest absolute Gasteiger partial charge is 0.370 e. The van der Waals surface area contributed by atoms with Crippen LogP contribution in [0.1, 0.15) is 12.1 Å². The van der Waals surface area contributed by atoms with Gasteiger partial charge >= 0.3 is 0 Å². The number of ether oxygens (including phenoxy) is 1. The molecule has 3 rings (SSSR count). The quantitative estimate of drug-likeness (QED) is 0.840. The molecule has 4 heteroatoms. The number of aromatic nitrogens is 2. The van der Waals surface area contributed by atoms with Crippen molar-refractivity contribution in [3.63, 3.8) is 0 Å². The van der Waals surface area contributed by atoms with E-state index in [2.05, 4.69) is 10.3 Å². The second-order valence-electron chi connectivity index (χ2n) is 4.12. The van der Waals surface area contributed by atoms with Gasteiger partial charge in [0.25, 0.3) is 0 Å². The number of nitrogens with zero attached hydrogens (tertiary/aromatic N) is 2. The topological polar surface area (TPSA) is 38.6 Å². The molecule has 2 aromatic rings. The first-order valence-electron chi connectivity index (χ1n) is 5.67. The van der Waals surface area contributed by atoms with Gasteiger partial charge in [-0.1, -0.05) is 6.07 Å². The first kappa shape index (κ1) is 9.81. The van der Waals surface area contributed by atoms with Crippen LogP contribution in [0.4, 0.5) is 0 Å². The number of fused-ring (bicyclic) bond motifs is 1. The summed E-state index contributed by atoms with van der Waals surface area (Å²) in [4.78, 5) is 4.49. The zero-order valence-electron chi connectivity index (χ0n) is 9.10. The van der Waals surface area contributed by atoms with Gasteiger partial charge in [-0.05, 0) is 25.1 Å². The van der Waals surface area contributed by atoms with Crippen molar-refractivity contribution in [3.05, 3.63) is 36.3 Å². The monoisotopic (exact) mass is 217 g/mol. The van der Waals surface area contributed by atoms with Gasteiger partial charge < -0.3 is 14.5 Å². The highest BCUT2D eigenvalue weighted by atomic mass is 16.5. The van der Waals surface area contributed by atoms with Gasteiger partial charge in [-0.15, -0.1) is 0 Å². The average Bonchev–Trinajstić information content (AvgIpc) is 2.95. The van der Waals surface area contributed by atoms with Gasteiger partial charge in [0.15, 0.2) is 0 Å². The van der Waals surface area contributed by atoms with Crippen LogP contribution in [0.2, 0.25) is 0 Å². The predicted octanol–water partition coefficient (Wildman–Crippen LogP) is 1.21. The summed E-state index contributed by atoms with van der Waals surface area (Å²) in [5.74, 6) is 0. The van der Waals surface area contributed by atoms with E-state index >= 15 is 0 Å². The molecule has 3 heterocycles. The Morgan fingerprint density at radius 2 is 2.50 bits per heavy atom. The van der Waals surface area contributed by atoms with Crippen LogP contribution in [0.5, 0.6) is 0 Å². The Hall–Kier alpha value is -1.39. The maximum absolute atomic E-state index is 5.78. The first-order valence-corrected chi connectivity index (χ1v) is 5.67. The molecule has 1 saturated heterocycles. The standard InChI is InChI=1S/C12H15N3O/c1-2-6-15-8-10(14-12(15)3-1)9-16-11-4-5-13-7-11/h1-3,6,8,11,13H,4-5,7,9H2. The minimum absolute atomic E-state index is 0.352. The van der Waals surface area contributed by atoms with E-state index in [0.717, 1.165) is 30.9 Å². The van der Waals surface area contributed by atoms with Crippen molar-refractivity contribution in [3.8, 4) is 0 Å². The zero-order valence-corrected chi connectivity index (χ0v) is 9.10. The third-order valence-corrected chi connectivity index (χ3v) is 2.90. The van der Waals surface area contributed by atoms with Crippen molar-refractivity contribution in [2.45, 2.75) is 19.1 Å². The lowest BCUT2D eigenvalue weighted by molar-refractivity contribution is 0.0525. The zero-order chi connectivity index (χ0) is 10.8. The Morgan fingerprint density at radius 1 is 1.50 bits per heavy atom. The Kier molecular flexibility index (Phi) is 2.60. The van der Waals surface area contributed by atoms with E-state index in [4.69, 9.17) is 4.74 Å². The van der Waals surface area contributed by atoms with Gasteiger partial charge in [-0.2, -0.15) is 0 Å². The lowest BCUT2D eigenvalue weighted by Crippen LogP contribution is -2.16. The molecule has 0 aliphatic carbocycles. The summed E-state index contributed by atoms with van der Waals surface area (Å²) in [6.07, 6.45) is 5.48.